The SMILES string of the molecule is CCCCn1c(SC(C)C(=O)N2CCN(CC)CC2)nc(C)c1C. The van der Waals surface area contributed by atoms with Crippen LogP contribution in [0.2, 0.25) is 0 Å². The second-order valence-electron chi connectivity index (χ2n) is 6.59. The Morgan fingerprint density at radius 2 is 1.88 bits per heavy atom. The molecule has 1 unspecified atom stereocenters. The molecule has 1 aliphatic rings. The van der Waals surface area contributed by atoms with Crippen molar-refractivity contribution in [1.29, 1.82) is 0 Å². The van der Waals surface area contributed by atoms with Crippen LogP contribution in [0.25, 0.3) is 0 Å². The highest BCUT2D eigenvalue weighted by molar-refractivity contribution is 8.00. The van der Waals surface area contributed by atoms with Crippen molar-refractivity contribution in [2.24, 2.45) is 0 Å². The Morgan fingerprint density at radius 1 is 1.21 bits per heavy atom. The van der Waals surface area contributed by atoms with Gasteiger partial charge in [0, 0.05) is 38.4 Å². The third-order valence-electron chi connectivity index (χ3n) is 4.92. The van der Waals surface area contributed by atoms with E-state index in [0.29, 0.717) is 0 Å². The van der Waals surface area contributed by atoms with Gasteiger partial charge < -0.3 is 14.4 Å². The Hall–Kier alpha value is -1.01. The molecule has 6 heteroatoms. The lowest BCUT2D eigenvalue weighted by Gasteiger charge is -2.35. The van der Waals surface area contributed by atoms with Gasteiger partial charge in [0.15, 0.2) is 5.16 Å². The second kappa shape index (κ2) is 8.90. The third kappa shape index (κ3) is 4.54. The maximum absolute atomic E-state index is 12.8. The third-order valence-corrected chi connectivity index (χ3v) is 6.00. The number of rotatable bonds is 7. The Morgan fingerprint density at radius 3 is 2.46 bits per heavy atom. The van der Waals surface area contributed by atoms with Gasteiger partial charge in [-0.15, -0.1) is 0 Å². The molecule has 1 saturated heterocycles. The van der Waals surface area contributed by atoms with Crippen molar-refractivity contribution in [3.63, 3.8) is 0 Å². The maximum Gasteiger partial charge on any atom is 0.235 e. The van der Waals surface area contributed by atoms with Gasteiger partial charge in [0.1, 0.15) is 0 Å². The van der Waals surface area contributed by atoms with Crippen molar-refractivity contribution in [2.45, 2.75) is 64.4 Å². The van der Waals surface area contributed by atoms with E-state index < -0.39 is 0 Å². The van der Waals surface area contributed by atoms with Gasteiger partial charge in [-0.3, -0.25) is 4.79 Å². The van der Waals surface area contributed by atoms with Crippen LogP contribution in [0.5, 0.6) is 0 Å². The Labute approximate surface area is 150 Å². The van der Waals surface area contributed by atoms with Crippen LogP contribution < -0.4 is 0 Å². The molecule has 0 saturated carbocycles. The van der Waals surface area contributed by atoms with Gasteiger partial charge in [0.25, 0.3) is 0 Å². The lowest BCUT2D eigenvalue weighted by Crippen LogP contribution is -2.50. The van der Waals surface area contributed by atoms with Crippen molar-refractivity contribution >= 4 is 17.7 Å². The van der Waals surface area contributed by atoms with Crippen LogP contribution in [0.3, 0.4) is 0 Å². The molecule has 1 fully saturated rings. The normalized spacial score (nSPS) is 17.3. The molecule has 136 valence electrons. The summed E-state index contributed by atoms with van der Waals surface area (Å²) in [5.74, 6) is 0.246. The molecule has 1 amide bonds. The molecule has 2 rings (SSSR count). The lowest BCUT2D eigenvalue weighted by atomic mass is 10.3. The summed E-state index contributed by atoms with van der Waals surface area (Å²) >= 11 is 1.61. The van der Waals surface area contributed by atoms with Crippen LogP contribution in [0.4, 0.5) is 0 Å². The smallest absolute Gasteiger partial charge is 0.235 e. The number of hydrogen-bond acceptors (Lipinski definition) is 4. The molecule has 2 heterocycles. The summed E-state index contributed by atoms with van der Waals surface area (Å²) in [5.41, 5.74) is 2.30. The molecule has 0 aliphatic carbocycles. The van der Waals surface area contributed by atoms with Crippen molar-refractivity contribution in [3.05, 3.63) is 11.4 Å². The highest BCUT2D eigenvalue weighted by Gasteiger charge is 2.26. The van der Waals surface area contributed by atoms with E-state index in [1.807, 2.05) is 11.8 Å². The molecule has 24 heavy (non-hydrogen) atoms. The number of likely N-dealkylation sites (N-methyl/N-ethyl adjacent to an activating group) is 1. The predicted octanol–water partition coefficient (Wildman–Crippen LogP) is 2.94. The van der Waals surface area contributed by atoms with Gasteiger partial charge >= 0.3 is 0 Å². The number of carbonyl (C=O) groups is 1. The first-order chi connectivity index (χ1) is 11.5. The average molecular weight is 353 g/mol. The molecule has 0 bridgehead atoms. The molecule has 1 aromatic rings. The molecule has 1 aromatic heterocycles. The van der Waals surface area contributed by atoms with Crippen molar-refractivity contribution in [2.75, 3.05) is 32.7 Å². The van der Waals surface area contributed by atoms with Crippen LogP contribution >= 0.6 is 11.8 Å². The maximum atomic E-state index is 12.8. The summed E-state index contributed by atoms with van der Waals surface area (Å²) in [6, 6.07) is 0. The van der Waals surface area contributed by atoms with E-state index in [4.69, 9.17) is 4.98 Å². The first-order valence-corrected chi connectivity index (χ1v) is 10.1. The molecular weight excluding hydrogens is 320 g/mol. The standard InChI is InChI=1S/C18H32N4OS/c1-6-8-9-22-15(4)14(3)19-18(22)24-16(5)17(23)21-12-10-20(7-2)11-13-21/h16H,6-13H2,1-5H3. The summed E-state index contributed by atoms with van der Waals surface area (Å²) < 4.78 is 2.28. The number of piperazine rings is 1. The number of carbonyl (C=O) groups excluding carboxylic acids is 1. The number of amides is 1. The Balaban J connectivity index is 2.00. The van der Waals surface area contributed by atoms with Gasteiger partial charge in [0.05, 0.1) is 10.9 Å². The van der Waals surface area contributed by atoms with Gasteiger partial charge in [-0.1, -0.05) is 32.0 Å². The summed E-state index contributed by atoms with van der Waals surface area (Å²) in [4.78, 5) is 21.9. The summed E-state index contributed by atoms with van der Waals surface area (Å²) in [5, 5.41) is 0.909. The summed E-state index contributed by atoms with van der Waals surface area (Å²) in [7, 11) is 0. The Bertz CT molecular complexity index is 549. The van der Waals surface area contributed by atoms with Crippen LogP contribution in [0.15, 0.2) is 5.16 Å². The fourth-order valence-electron chi connectivity index (χ4n) is 3.04. The number of unbranched alkanes of at least 4 members (excludes halogenated alkanes) is 1. The minimum atomic E-state index is -0.0836. The van der Waals surface area contributed by atoms with Crippen LogP contribution in [0.1, 0.15) is 45.0 Å². The van der Waals surface area contributed by atoms with Crippen LogP contribution in [-0.4, -0.2) is 63.2 Å². The summed E-state index contributed by atoms with van der Waals surface area (Å²) in [6.07, 6.45) is 2.31. The zero-order valence-electron chi connectivity index (χ0n) is 15.8. The van der Waals surface area contributed by atoms with Crippen molar-refractivity contribution < 1.29 is 4.79 Å². The number of hydrogen-bond donors (Lipinski definition) is 0. The topological polar surface area (TPSA) is 41.4 Å². The van der Waals surface area contributed by atoms with Gasteiger partial charge in [-0.05, 0) is 33.7 Å². The molecule has 1 atom stereocenters. The number of imidazole rings is 1. The number of aryl methyl sites for hydroxylation is 1. The van der Waals surface area contributed by atoms with Gasteiger partial charge in [-0.2, -0.15) is 0 Å². The molecule has 0 aromatic carbocycles. The zero-order chi connectivity index (χ0) is 17.7. The largest absolute Gasteiger partial charge is 0.339 e. The molecule has 1 aliphatic heterocycles. The van der Waals surface area contributed by atoms with Crippen molar-refractivity contribution in [1.82, 2.24) is 19.4 Å². The van der Waals surface area contributed by atoms with Crippen molar-refractivity contribution in [3.8, 4) is 0 Å². The van der Waals surface area contributed by atoms with E-state index in [2.05, 4.69) is 37.2 Å². The fraction of sp³-hybridized carbons (Fsp3) is 0.778. The molecule has 5 nitrogen and oxygen atoms in total. The van der Waals surface area contributed by atoms with E-state index in [-0.39, 0.29) is 11.2 Å². The van der Waals surface area contributed by atoms with Crippen LogP contribution in [-0.2, 0) is 11.3 Å². The fourth-order valence-corrected chi connectivity index (χ4v) is 4.15. The molecule has 0 radical (unpaired) electrons. The minimum absolute atomic E-state index is 0.0836. The molecular formula is C18H32N4OS. The van der Waals surface area contributed by atoms with Gasteiger partial charge in [0.2, 0.25) is 5.91 Å². The Kier molecular flexibility index (Phi) is 7.16. The van der Waals surface area contributed by atoms with E-state index >= 15 is 0 Å². The van der Waals surface area contributed by atoms with Crippen LogP contribution in [0, 0.1) is 13.8 Å². The first-order valence-electron chi connectivity index (χ1n) is 9.19. The molecule has 0 spiro atoms. The predicted molar refractivity (Wildman–Crippen MR) is 101 cm³/mol. The second-order valence-corrected chi connectivity index (χ2v) is 7.90. The van der Waals surface area contributed by atoms with E-state index in [9.17, 15) is 4.79 Å². The minimum Gasteiger partial charge on any atom is -0.339 e. The summed E-state index contributed by atoms with van der Waals surface area (Å²) in [6.45, 7) is 16.3. The van der Waals surface area contributed by atoms with E-state index in [0.717, 1.165) is 63.0 Å². The van der Waals surface area contributed by atoms with E-state index in [1.54, 1.807) is 11.8 Å². The number of thioether (sulfide) groups is 1. The highest BCUT2D eigenvalue weighted by Crippen LogP contribution is 2.27. The average Bonchev–Trinajstić information content (AvgIpc) is 2.86. The number of aromatic nitrogens is 2. The molecule has 0 N–H and O–H groups in total. The monoisotopic (exact) mass is 352 g/mol. The van der Waals surface area contributed by atoms with Gasteiger partial charge in [-0.25, -0.2) is 4.98 Å². The first kappa shape index (κ1) is 19.3. The highest BCUT2D eigenvalue weighted by atomic mass is 32.2. The van der Waals surface area contributed by atoms with E-state index in [1.165, 1.54) is 5.69 Å². The number of nitrogens with zero attached hydrogens (tertiary/aromatic N) is 4. The quantitative estimate of drug-likeness (QED) is 0.708. The zero-order valence-corrected chi connectivity index (χ0v) is 16.7. The lowest BCUT2D eigenvalue weighted by molar-refractivity contribution is -0.132.